The molecular formula is C26H22N2O3. The standard InChI is InChI=1S/C26H22N2O3/c1-30-25-12-5-4-11-24(25)26(29)28-27-17-19-13-15-22(16-14-19)31-18-21-9-6-8-20-7-2-3-10-23(20)21/h2-17H,18H2,1H3,(H,28,29)/b27-17-. The fourth-order valence-electron chi connectivity index (χ4n) is 3.29. The number of hydrogen-bond donors (Lipinski definition) is 1. The minimum atomic E-state index is -0.330. The number of amides is 1. The van der Waals surface area contributed by atoms with E-state index in [2.05, 4.69) is 34.8 Å². The number of hydrazone groups is 1. The van der Waals surface area contributed by atoms with Gasteiger partial charge >= 0.3 is 0 Å². The smallest absolute Gasteiger partial charge is 0.275 e. The number of methoxy groups -OCH3 is 1. The van der Waals surface area contributed by atoms with Gasteiger partial charge in [-0.15, -0.1) is 0 Å². The summed E-state index contributed by atoms with van der Waals surface area (Å²) in [7, 11) is 1.53. The summed E-state index contributed by atoms with van der Waals surface area (Å²) in [6.07, 6.45) is 1.59. The summed E-state index contributed by atoms with van der Waals surface area (Å²) in [6, 6.07) is 29.0. The Morgan fingerprint density at radius 2 is 1.65 bits per heavy atom. The van der Waals surface area contributed by atoms with E-state index in [9.17, 15) is 4.79 Å². The van der Waals surface area contributed by atoms with Crippen LogP contribution in [0.25, 0.3) is 10.8 Å². The van der Waals surface area contributed by atoms with Crippen molar-refractivity contribution in [3.05, 3.63) is 108 Å². The number of hydrogen-bond acceptors (Lipinski definition) is 4. The molecule has 0 spiro atoms. The zero-order chi connectivity index (χ0) is 21.5. The van der Waals surface area contributed by atoms with Crippen molar-refractivity contribution >= 4 is 22.9 Å². The molecule has 4 rings (SSSR count). The Morgan fingerprint density at radius 1 is 0.903 bits per heavy atom. The number of ether oxygens (including phenoxy) is 2. The third-order valence-corrected chi connectivity index (χ3v) is 4.89. The van der Waals surface area contributed by atoms with E-state index in [1.165, 1.54) is 17.9 Å². The summed E-state index contributed by atoms with van der Waals surface area (Å²) in [5.74, 6) is 0.940. The lowest BCUT2D eigenvalue weighted by molar-refractivity contribution is 0.0952. The molecule has 1 N–H and O–H groups in total. The van der Waals surface area contributed by atoms with Gasteiger partial charge in [0.1, 0.15) is 18.1 Å². The normalized spacial score (nSPS) is 10.9. The highest BCUT2D eigenvalue weighted by Gasteiger charge is 2.10. The summed E-state index contributed by atoms with van der Waals surface area (Å²) < 4.78 is 11.1. The van der Waals surface area contributed by atoms with Crippen molar-refractivity contribution in [3.8, 4) is 11.5 Å². The quantitative estimate of drug-likeness (QED) is 0.337. The highest BCUT2D eigenvalue weighted by atomic mass is 16.5. The molecular weight excluding hydrogens is 388 g/mol. The second kappa shape index (κ2) is 9.59. The van der Waals surface area contributed by atoms with Crippen molar-refractivity contribution in [1.29, 1.82) is 0 Å². The molecule has 0 saturated heterocycles. The fraction of sp³-hybridized carbons (Fsp3) is 0.0769. The van der Waals surface area contributed by atoms with Crippen LogP contribution in [0.1, 0.15) is 21.5 Å². The van der Waals surface area contributed by atoms with E-state index in [-0.39, 0.29) is 5.91 Å². The molecule has 0 atom stereocenters. The van der Waals surface area contributed by atoms with Crippen molar-refractivity contribution in [1.82, 2.24) is 5.43 Å². The first-order valence-electron chi connectivity index (χ1n) is 9.90. The zero-order valence-electron chi connectivity index (χ0n) is 17.1. The molecule has 154 valence electrons. The Balaban J connectivity index is 1.35. The third-order valence-electron chi connectivity index (χ3n) is 4.89. The molecule has 0 aliphatic rings. The second-order valence-corrected chi connectivity index (χ2v) is 6.90. The molecule has 31 heavy (non-hydrogen) atoms. The zero-order valence-corrected chi connectivity index (χ0v) is 17.1. The summed E-state index contributed by atoms with van der Waals surface area (Å²) in [5, 5.41) is 6.42. The maximum absolute atomic E-state index is 12.3. The van der Waals surface area contributed by atoms with Crippen LogP contribution in [0, 0.1) is 0 Å². The predicted molar refractivity (Wildman–Crippen MR) is 123 cm³/mol. The van der Waals surface area contributed by atoms with Gasteiger partial charge < -0.3 is 9.47 Å². The summed E-state index contributed by atoms with van der Waals surface area (Å²) in [6.45, 7) is 0.490. The van der Waals surface area contributed by atoms with Gasteiger partial charge in [0.25, 0.3) is 5.91 Å². The molecule has 0 aliphatic carbocycles. The van der Waals surface area contributed by atoms with Gasteiger partial charge in [-0.05, 0) is 58.3 Å². The molecule has 1 amide bonds. The Kier molecular flexibility index (Phi) is 6.24. The SMILES string of the molecule is COc1ccccc1C(=O)N/N=C\c1ccc(OCc2cccc3ccccc23)cc1. The molecule has 0 heterocycles. The molecule has 0 aliphatic heterocycles. The lowest BCUT2D eigenvalue weighted by Crippen LogP contribution is -2.18. The number of carbonyl (C=O) groups excluding carboxylic acids is 1. The van der Waals surface area contributed by atoms with E-state index >= 15 is 0 Å². The van der Waals surface area contributed by atoms with Gasteiger partial charge in [0.05, 0.1) is 18.9 Å². The maximum atomic E-state index is 12.3. The number of nitrogens with zero attached hydrogens (tertiary/aromatic N) is 1. The van der Waals surface area contributed by atoms with Crippen LogP contribution in [0.15, 0.2) is 96.1 Å². The molecule has 0 saturated carbocycles. The van der Waals surface area contributed by atoms with Crippen molar-refractivity contribution in [2.45, 2.75) is 6.61 Å². The first kappa shape index (κ1) is 20.2. The number of nitrogens with one attached hydrogen (secondary N) is 1. The van der Waals surface area contributed by atoms with Crippen molar-refractivity contribution in [3.63, 3.8) is 0 Å². The average molecular weight is 410 g/mol. The van der Waals surface area contributed by atoms with E-state index in [1.807, 2.05) is 48.5 Å². The van der Waals surface area contributed by atoms with Crippen molar-refractivity contribution in [2.75, 3.05) is 7.11 Å². The van der Waals surface area contributed by atoms with Crippen LogP contribution in [-0.4, -0.2) is 19.2 Å². The van der Waals surface area contributed by atoms with Gasteiger partial charge in [0.2, 0.25) is 0 Å². The number of benzene rings is 4. The van der Waals surface area contributed by atoms with Crippen LogP contribution in [0.5, 0.6) is 11.5 Å². The van der Waals surface area contributed by atoms with Crippen LogP contribution < -0.4 is 14.9 Å². The first-order chi connectivity index (χ1) is 15.2. The maximum Gasteiger partial charge on any atom is 0.275 e. The Labute approximate surface area is 180 Å². The number of rotatable bonds is 7. The molecule has 0 aromatic heterocycles. The molecule has 4 aromatic carbocycles. The summed E-state index contributed by atoms with van der Waals surface area (Å²) in [5.41, 5.74) is 4.94. The van der Waals surface area contributed by atoms with E-state index < -0.39 is 0 Å². The Bertz CT molecular complexity index is 1210. The van der Waals surface area contributed by atoms with E-state index in [0.717, 1.165) is 16.9 Å². The lowest BCUT2D eigenvalue weighted by atomic mass is 10.1. The number of carbonyl (C=O) groups is 1. The second-order valence-electron chi connectivity index (χ2n) is 6.90. The molecule has 0 fully saturated rings. The van der Waals surface area contributed by atoms with Crippen LogP contribution >= 0.6 is 0 Å². The highest BCUT2D eigenvalue weighted by molar-refractivity contribution is 5.97. The third kappa shape index (κ3) is 4.90. The molecule has 5 heteroatoms. The lowest BCUT2D eigenvalue weighted by Gasteiger charge is -2.09. The van der Waals surface area contributed by atoms with E-state index in [4.69, 9.17) is 9.47 Å². The van der Waals surface area contributed by atoms with Crippen molar-refractivity contribution in [2.24, 2.45) is 5.10 Å². The molecule has 5 nitrogen and oxygen atoms in total. The van der Waals surface area contributed by atoms with Crippen molar-refractivity contribution < 1.29 is 14.3 Å². The molecule has 0 unspecified atom stereocenters. The minimum Gasteiger partial charge on any atom is -0.496 e. The Hall–Kier alpha value is -4.12. The number of fused-ring (bicyclic) bond motifs is 1. The Morgan fingerprint density at radius 3 is 2.48 bits per heavy atom. The average Bonchev–Trinajstić information content (AvgIpc) is 2.83. The van der Waals surface area contributed by atoms with Crippen LogP contribution in [-0.2, 0) is 6.61 Å². The van der Waals surface area contributed by atoms with Crippen LogP contribution in [0.4, 0.5) is 0 Å². The first-order valence-corrected chi connectivity index (χ1v) is 9.90. The minimum absolute atomic E-state index is 0.330. The highest BCUT2D eigenvalue weighted by Crippen LogP contribution is 2.21. The fourth-order valence-corrected chi connectivity index (χ4v) is 3.29. The summed E-state index contributed by atoms with van der Waals surface area (Å²) >= 11 is 0. The van der Waals surface area contributed by atoms with E-state index in [0.29, 0.717) is 17.9 Å². The van der Waals surface area contributed by atoms with Gasteiger partial charge in [-0.2, -0.15) is 5.10 Å². The van der Waals surface area contributed by atoms with Gasteiger partial charge in [0.15, 0.2) is 0 Å². The monoisotopic (exact) mass is 410 g/mol. The van der Waals surface area contributed by atoms with Gasteiger partial charge in [0, 0.05) is 0 Å². The van der Waals surface area contributed by atoms with Gasteiger partial charge in [-0.25, -0.2) is 5.43 Å². The topological polar surface area (TPSA) is 59.9 Å². The van der Waals surface area contributed by atoms with Crippen LogP contribution in [0.3, 0.4) is 0 Å². The largest absolute Gasteiger partial charge is 0.496 e. The van der Waals surface area contributed by atoms with Crippen LogP contribution in [0.2, 0.25) is 0 Å². The predicted octanol–water partition coefficient (Wildman–Crippen LogP) is 5.19. The van der Waals surface area contributed by atoms with E-state index in [1.54, 1.807) is 24.4 Å². The number of para-hydroxylation sites is 1. The molecule has 0 radical (unpaired) electrons. The van der Waals surface area contributed by atoms with Gasteiger partial charge in [-0.1, -0.05) is 54.6 Å². The summed E-state index contributed by atoms with van der Waals surface area (Å²) in [4.78, 5) is 12.3. The molecule has 4 aromatic rings. The van der Waals surface area contributed by atoms with Gasteiger partial charge in [-0.3, -0.25) is 4.79 Å². The molecule has 0 bridgehead atoms.